The summed E-state index contributed by atoms with van der Waals surface area (Å²) in [5, 5.41) is 6.09. The van der Waals surface area contributed by atoms with Gasteiger partial charge in [0, 0.05) is 25.7 Å². The number of rotatable bonds is 2. The van der Waals surface area contributed by atoms with E-state index < -0.39 is 11.6 Å². The molecule has 0 bridgehead atoms. The Kier molecular flexibility index (Phi) is 3.76. The van der Waals surface area contributed by atoms with Gasteiger partial charge in [0.15, 0.2) is 0 Å². The molecule has 7 heteroatoms. The normalized spacial score (nSPS) is 28.4. The summed E-state index contributed by atoms with van der Waals surface area (Å²) in [4.78, 5) is 41.0. The van der Waals surface area contributed by atoms with E-state index in [-0.39, 0.29) is 24.4 Å². The molecular weight excluding hydrogens is 320 g/mol. The summed E-state index contributed by atoms with van der Waals surface area (Å²) in [7, 11) is 0. The second-order valence-electron chi connectivity index (χ2n) is 7.02. The van der Waals surface area contributed by atoms with Crippen LogP contribution in [0.1, 0.15) is 24.5 Å². The van der Waals surface area contributed by atoms with Gasteiger partial charge in [-0.2, -0.15) is 0 Å². The molecule has 25 heavy (non-hydrogen) atoms. The Morgan fingerprint density at radius 2 is 2.12 bits per heavy atom. The van der Waals surface area contributed by atoms with Crippen LogP contribution < -0.4 is 10.6 Å². The van der Waals surface area contributed by atoms with E-state index in [4.69, 9.17) is 0 Å². The van der Waals surface area contributed by atoms with Crippen LogP contribution in [0.4, 0.5) is 4.79 Å². The fourth-order valence-electron chi connectivity index (χ4n) is 4.17. The van der Waals surface area contributed by atoms with Crippen molar-refractivity contribution < 1.29 is 14.4 Å². The maximum absolute atomic E-state index is 13.1. The van der Waals surface area contributed by atoms with Crippen molar-refractivity contribution in [2.45, 2.75) is 31.3 Å². The van der Waals surface area contributed by atoms with Gasteiger partial charge in [-0.25, -0.2) is 4.79 Å². The predicted molar refractivity (Wildman–Crippen MR) is 90.7 cm³/mol. The van der Waals surface area contributed by atoms with Gasteiger partial charge in [-0.3, -0.25) is 14.5 Å². The maximum Gasteiger partial charge on any atom is 0.325 e. The van der Waals surface area contributed by atoms with Crippen molar-refractivity contribution in [3.63, 3.8) is 0 Å². The molecule has 7 nitrogen and oxygen atoms in total. The summed E-state index contributed by atoms with van der Waals surface area (Å²) >= 11 is 0. The molecule has 4 amide bonds. The molecule has 1 spiro atoms. The fourth-order valence-corrected chi connectivity index (χ4v) is 4.17. The van der Waals surface area contributed by atoms with Crippen LogP contribution in [-0.4, -0.2) is 59.9 Å². The Bertz CT molecular complexity index is 750. The molecular formula is C18H22N4O3. The SMILES string of the molecule is C[C@@H]1CNCCN1C(=O)CN1C(=O)NC2(CCc3ccccc32)C1=O. The molecule has 132 valence electrons. The van der Waals surface area contributed by atoms with Gasteiger partial charge in [0.1, 0.15) is 12.1 Å². The molecule has 1 aliphatic carbocycles. The molecule has 3 aliphatic rings. The number of urea groups is 1. The number of amides is 4. The second-order valence-corrected chi connectivity index (χ2v) is 7.02. The zero-order valence-electron chi connectivity index (χ0n) is 14.2. The molecule has 0 aromatic heterocycles. The first-order chi connectivity index (χ1) is 12.0. The van der Waals surface area contributed by atoms with Gasteiger partial charge >= 0.3 is 6.03 Å². The summed E-state index contributed by atoms with van der Waals surface area (Å²) in [6, 6.07) is 7.28. The lowest BCUT2D eigenvalue weighted by molar-refractivity contribution is -0.140. The van der Waals surface area contributed by atoms with E-state index in [0.717, 1.165) is 35.5 Å². The zero-order chi connectivity index (χ0) is 17.6. The van der Waals surface area contributed by atoms with E-state index in [0.29, 0.717) is 13.0 Å². The second kappa shape index (κ2) is 5.84. The lowest BCUT2D eigenvalue weighted by atomic mass is 9.92. The topological polar surface area (TPSA) is 81.8 Å². The van der Waals surface area contributed by atoms with E-state index in [9.17, 15) is 14.4 Å². The smallest absolute Gasteiger partial charge is 0.325 e. The van der Waals surface area contributed by atoms with Crippen LogP contribution >= 0.6 is 0 Å². The Morgan fingerprint density at radius 3 is 2.92 bits per heavy atom. The Morgan fingerprint density at radius 1 is 1.32 bits per heavy atom. The third-order valence-corrected chi connectivity index (χ3v) is 5.54. The number of imide groups is 1. The summed E-state index contributed by atoms with van der Waals surface area (Å²) < 4.78 is 0. The lowest BCUT2D eigenvalue weighted by Gasteiger charge is -2.34. The third-order valence-electron chi connectivity index (χ3n) is 5.54. The molecule has 2 saturated heterocycles. The Balaban J connectivity index is 1.56. The van der Waals surface area contributed by atoms with Crippen LogP contribution in [0.15, 0.2) is 24.3 Å². The van der Waals surface area contributed by atoms with Crippen LogP contribution in [0, 0.1) is 0 Å². The van der Waals surface area contributed by atoms with Crippen molar-refractivity contribution in [2.24, 2.45) is 0 Å². The number of hydrogen-bond donors (Lipinski definition) is 2. The minimum absolute atomic E-state index is 0.0585. The number of nitrogens with zero attached hydrogens (tertiary/aromatic N) is 2. The number of nitrogens with one attached hydrogen (secondary N) is 2. The Labute approximate surface area is 146 Å². The molecule has 2 aliphatic heterocycles. The quantitative estimate of drug-likeness (QED) is 0.753. The summed E-state index contributed by atoms with van der Waals surface area (Å²) in [6.07, 6.45) is 1.30. The van der Waals surface area contributed by atoms with Crippen LogP contribution in [0.3, 0.4) is 0 Å². The standard InChI is InChI=1S/C18H22N4O3/c1-12-10-19-8-9-21(12)15(23)11-22-16(24)18(20-17(22)25)7-6-13-4-2-3-5-14(13)18/h2-5,12,19H,6-11H2,1H3,(H,20,25)/t12-,18?/m1/s1. The van der Waals surface area contributed by atoms with Gasteiger partial charge in [0.2, 0.25) is 5.91 Å². The molecule has 2 heterocycles. The molecule has 1 unspecified atom stereocenters. The highest BCUT2D eigenvalue weighted by Crippen LogP contribution is 2.41. The first-order valence-corrected chi connectivity index (χ1v) is 8.75. The largest absolute Gasteiger partial charge is 0.336 e. The van der Waals surface area contributed by atoms with Crippen molar-refractivity contribution in [3.05, 3.63) is 35.4 Å². The van der Waals surface area contributed by atoms with Crippen LogP contribution in [0.2, 0.25) is 0 Å². The summed E-state index contributed by atoms with van der Waals surface area (Å²) in [5.41, 5.74) is 0.946. The minimum Gasteiger partial charge on any atom is -0.336 e. The summed E-state index contributed by atoms with van der Waals surface area (Å²) in [5.74, 6) is -0.487. The van der Waals surface area contributed by atoms with Crippen molar-refractivity contribution in [1.29, 1.82) is 0 Å². The predicted octanol–water partition coefficient (Wildman–Crippen LogP) is 0.200. The molecule has 1 aromatic rings. The van der Waals surface area contributed by atoms with Crippen molar-refractivity contribution in [3.8, 4) is 0 Å². The van der Waals surface area contributed by atoms with Gasteiger partial charge in [-0.15, -0.1) is 0 Å². The van der Waals surface area contributed by atoms with Gasteiger partial charge in [-0.1, -0.05) is 24.3 Å². The van der Waals surface area contributed by atoms with Crippen LogP contribution in [-0.2, 0) is 21.5 Å². The van der Waals surface area contributed by atoms with Crippen molar-refractivity contribution >= 4 is 17.8 Å². The first kappa shape index (κ1) is 16.1. The molecule has 0 saturated carbocycles. The van der Waals surface area contributed by atoms with Crippen LogP contribution in [0.25, 0.3) is 0 Å². The minimum atomic E-state index is -0.997. The van der Waals surface area contributed by atoms with E-state index >= 15 is 0 Å². The molecule has 1 aromatic carbocycles. The number of hydrogen-bond acceptors (Lipinski definition) is 4. The third kappa shape index (κ3) is 2.41. The highest BCUT2D eigenvalue weighted by atomic mass is 16.2. The van der Waals surface area contributed by atoms with Gasteiger partial charge in [-0.05, 0) is 30.9 Å². The van der Waals surface area contributed by atoms with Gasteiger partial charge < -0.3 is 15.5 Å². The highest BCUT2D eigenvalue weighted by Gasteiger charge is 2.55. The first-order valence-electron chi connectivity index (χ1n) is 8.75. The average Bonchev–Trinajstić information content (AvgIpc) is 3.09. The number of piperazine rings is 1. The van der Waals surface area contributed by atoms with E-state index in [2.05, 4.69) is 10.6 Å². The van der Waals surface area contributed by atoms with Gasteiger partial charge in [0.05, 0.1) is 0 Å². The van der Waals surface area contributed by atoms with Crippen LogP contribution in [0.5, 0.6) is 0 Å². The maximum atomic E-state index is 13.1. The summed E-state index contributed by atoms with van der Waals surface area (Å²) in [6.45, 7) is 3.82. The molecule has 4 rings (SSSR count). The average molecular weight is 342 g/mol. The highest BCUT2D eigenvalue weighted by molar-refractivity contribution is 6.09. The number of carbonyl (C=O) groups is 3. The fraction of sp³-hybridized carbons (Fsp3) is 0.500. The molecule has 2 atom stereocenters. The molecule has 2 N–H and O–H groups in total. The number of fused-ring (bicyclic) bond motifs is 2. The van der Waals surface area contributed by atoms with Crippen molar-refractivity contribution in [2.75, 3.05) is 26.2 Å². The Hall–Kier alpha value is -2.41. The van der Waals surface area contributed by atoms with E-state index in [1.807, 2.05) is 31.2 Å². The molecule has 2 fully saturated rings. The lowest BCUT2D eigenvalue weighted by Crippen LogP contribution is -2.55. The monoisotopic (exact) mass is 342 g/mol. The number of aryl methyl sites for hydroxylation is 1. The number of carbonyl (C=O) groups excluding carboxylic acids is 3. The molecule has 0 radical (unpaired) electrons. The van der Waals surface area contributed by atoms with Gasteiger partial charge in [0.25, 0.3) is 5.91 Å². The van der Waals surface area contributed by atoms with E-state index in [1.165, 1.54) is 0 Å². The zero-order valence-corrected chi connectivity index (χ0v) is 14.2. The number of benzene rings is 1. The van der Waals surface area contributed by atoms with Crippen molar-refractivity contribution in [1.82, 2.24) is 20.4 Å². The van der Waals surface area contributed by atoms with E-state index in [1.54, 1.807) is 4.90 Å².